The Hall–Kier alpha value is -0.940. The summed E-state index contributed by atoms with van der Waals surface area (Å²) in [6, 6.07) is 9.27. The van der Waals surface area contributed by atoms with Crippen molar-refractivity contribution in [1.29, 1.82) is 0 Å². The molecule has 1 heterocycles. The maximum atomic E-state index is 8.97. The number of piperazine rings is 1. The van der Waals surface area contributed by atoms with E-state index in [0.717, 1.165) is 45.7 Å². The first-order valence-electron chi connectivity index (χ1n) is 8.02. The van der Waals surface area contributed by atoms with E-state index >= 15 is 0 Å². The number of hydrogen-bond donors (Lipinski definition) is 2. The zero-order valence-corrected chi connectivity index (χ0v) is 13.4. The van der Waals surface area contributed by atoms with Crippen molar-refractivity contribution in [2.75, 3.05) is 52.9 Å². The topological polar surface area (TPSA) is 38.7 Å². The normalized spacial score (nSPS) is 18.8. The van der Waals surface area contributed by atoms with Crippen LogP contribution in [0.3, 0.4) is 0 Å². The van der Waals surface area contributed by atoms with Gasteiger partial charge in [0, 0.05) is 45.3 Å². The summed E-state index contributed by atoms with van der Waals surface area (Å²) >= 11 is 0. The highest BCUT2D eigenvalue weighted by molar-refractivity contribution is 5.24. The molecule has 1 fully saturated rings. The standard InChI is InChI=1S/C17H29N3O/c1-15-3-5-16(6-4-15)17(18-2)7-8-19-9-11-20(12-10-19)13-14-21/h3-6,17-18,21H,7-14H2,1-2H3. The predicted octanol–water partition coefficient (Wildman–Crippen LogP) is 1.26. The summed E-state index contributed by atoms with van der Waals surface area (Å²) in [4.78, 5) is 4.87. The molecule has 118 valence electrons. The van der Waals surface area contributed by atoms with Gasteiger partial charge in [0.05, 0.1) is 6.61 Å². The summed E-state index contributed by atoms with van der Waals surface area (Å²) < 4.78 is 0. The first kappa shape index (κ1) is 16.4. The van der Waals surface area contributed by atoms with E-state index in [1.165, 1.54) is 11.1 Å². The van der Waals surface area contributed by atoms with E-state index < -0.39 is 0 Å². The summed E-state index contributed by atoms with van der Waals surface area (Å²) in [6.45, 7) is 8.74. The van der Waals surface area contributed by atoms with Crippen LogP contribution in [0.15, 0.2) is 24.3 Å². The summed E-state index contributed by atoms with van der Waals surface area (Å²) in [5, 5.41) is 12.4. The Morgan fingerprint density at radius 3 is 2.14 bits per heavy atom. The van der Waals surface area contributed by atoms with Gasteiger partial charge in [0.25, 0.3) is 0 Å². The van der Waals surface area contributed by atoms with Crippen LogP contribution in [0.5, 0.6) is 0 Å². The fourth-order valence-electron chi connectivity index (χ4n) is 2.97. The summed E-state index contributed by atoms with van der Waals surface area (Å²) in [6.07, 6.45) is 1.14. The number of aliphatic hydroxyl groups is 1. The first-order chi connectivity index (χ1) is 10.2. The van der Waals surface area contributed by atoms with Crippen molar-refractivity contribution < 1.29 is 5.11 Å². The highest BCUT2D eigenvalue weighted by Gasteiger charge is 2.17. The first-order valence-corrected chi connectivity index (χ1v) is 8.02. The lowest BCUT2D eigenvalue weighted by Crippen LogP contribution is -2.47. The lowest BCUT2D eigenvalue weighted by molar-refractivity contribution is 0.110. The molecule has 1 aromatic carbocycles. The number of nitrogens with one attached hydrogen (secondary N) is 1. The van der Waals surface area contributed by atoms with Crippen LogP contribution >= 0.6 is 0 Å². The van der Waals surface area contributed by atoms with Gasteiger partial charge in [-0.1, -0.05) is 29.8 Å². The van der Waals surface area contributed by atoms with Crippen LogP contribution in [0.2, 0.25) is 0 Å². The van der Waals surface area contributed by atoms with Crippen molar-refractivity contribution in [3.05, 3.63) is 35.4 Å². The number of β-amino-alcohol motifs (C(OH)–C–C–N with tert-alkyl or cyclic N) is 1. The van der Waals surface area contributed by atoms with E-state index in [-0.39, 0.29) is 6.61 Å². The minimum absolute atomic E-state index is 0.273. The van der Waals surface area contributed by atoms with Gasteiger partial charge in [-0.15, -0.1) is 0 Å². The van der Waals surface area contributed by atoms with Crippen LogP contribution in [-0.2, 0) is 0 Å². The Bertz CT molecular complexity index is 399. The van der Waals surface area contributed by atoms with Gasteiger partial charge in [-0.25, -0.2) is 0 Å². The molecule has 1 aliphatic heterocycles. The average Bonchev–Trinajstić information content (AvgIpc) is 2.51. The third kappa shape index (κ3) is 5.08. The number of nitrogens with zero attached hydrogens (tertiary/aromatic N) is 2. The van der Waals surface area contributed by atoms with Crippen molar-refractivity contribution in [3.8, 4) is 0 Å². The van der Waals surface area contributed by atoms with Crippen LogP contribution in [0.4, 0.5) is 0 Å². The fourth-order valence-corrected chi connectivity index (χ4v) is 2.97. The van der Waals surface area contributed by atoms with Crippen molar-refractivity contribution >= 4 is 0 Å². The lowest BCUT2D eigenvalue weighted by atomic mass is 10.0. The number of benzene rings is 1. The molecule has 1 unspecified atom stereocenters. The second-order valence-corrected chi connectivity index (χ2v) is 5.95. The van der Waals surface area contributed by atoms with E-state index in [9.17, 15) is 0 Å². The minimum Gasteiger partial charge on any atom is -0.395 e. The quantitative estimate of drug-likeness (QED) is 0.793. The minimum atomic E-state index is 0.273. The molecule has 1 aliphatic rings. The molecule has 1 atom stereocenters. The zero-order chi connectivity index (χ0) is 15.1. The molecular formula is C17H29N3O. The lowest BCUT2D eigenvalue weighted by Gasteiger charge is -2.35. The van der Waals surface area contributed by atoms with Gasteiger partial charge in [-0.3, -0.25) is 4.90 Å². The summed E-state index contributed by atoms with van der Waals surface area (Å²) in [7, 11) is 2.05. The molecular weight excluding hydrogens is 262 g/mol. The molecule has 0 radical (unpaired) electrons. The molecule has 21 heavy (non-hydrogen) atoms. The fraction of sp³-hybridized carbons (Fsp3) is 0.647. The van der Waals surface area contributed by atoms with E-state index in [4.69, 9.17) is 5.11 Å². The third-order valence-electron chi connectivity index (χ3n) is 4.44. The van der Waals surface area contributed by atoms with Crippen LogP contribution < -0.4 is 5.32 Å². The van der Waals surface area contributed by atoms with Crippen LogP contribution in [0.1, 0.15) is 23.6 Å². The Labute approximate surface area is 128 Å². The van der Waals surface area contributed by atoms with E-state index in [2.05, 4.69) is 46.3 Å². The van der Waals surface area contributed by atoms with Crippen molar-refractivity contribution in [2.45, 2.75) is 19.4 Å². The number of aryl methyl sites for hydroxylation is 1. The molecule has 4 heteroatoms. The van der Waals surface area contributed by atoms with Gasteiger partial charge < -0.3 is 15.3 Å². The number of aliphatic hydroxyl groups excluding tert-OH is 1. The Morgan fingerprint density at radius 1 is 1.05 bits per heavy atom. The van der Waals surface area contributed by atoms with Crippen LogP contribution in [0, 0.1) is 6.92 Å². The van der Waals surface area contributed by atoms with E-state index in [1.54, 1.807) is 0 Å². The molecule has 2 N–H and O–H groups in total. The Balaban J connectivity index is 1.77. The average molecular weight is 291 g/mol. The summed E-state index contributed by atoms with van der Waals surface area (Å²) in [5.74, 6) is 0. The molecule has 1 saturated heterocycles. The van der Waals surface area contributed by atoms with Crippen molar-refractivity contribution in [3.63, 3.8) is 0 Å². The van der Waals surface area contributed by atoms with Crippen molar-refractivity contribution in [1.82, 2.24) is 15.1 Å². The smallest absolute Gasteiger partial charge is 0.0558 e. The highest BCUT2D eigenvalue weighted by Crippen LogP contribution is 2.18. The van der Waals surface area contributed by atoms with Crippen LogP contribution in [-0.4, -0.2) is 67.8 Å². The SMILES string of the molecule is CNC(CCN1CCN(CCO)CC1)c1ccc(C)cc1. The third-order valence-corrected chi connectivity index (χ3v) is 4.44. The van der Waals surface area contributed by atoms with Gasteiger partial charge in [-0.2, -0.15) is 0 Å². The second kappa shape index (κ2) is 8.49. The molecule has 2 rings (SSSR count). The Kier molecular flexibility index (Phi) is 6.64. The zero-order valence-electron chi connectivity index (χ0n) is 13.4. The largest absolute Gasteiger partial charge is 0.395 e. The van der Waals surface area contributed by atoms with E-state index in [1.807, 2.05) is 7.05 Å². The second-order valence-electron chi connectivity index (χ2n) is 5.95. The predicted molar refractivity (Wildman–Crippen MR) is 87.6 cm³/mol. The molecule has 0 amide bonds. The number of rotatable bonds is 7. The van der Waals surface area contributed by atoms with Gasteiger partial charge in [0.15, 0.2) is 0 Å². The molecule has 0 aromatic heterocycles. The van der Waals surface area contributed by atoms with Gasteiger partial charge in [0.1, 0.15) is 0 Å². The van der Waals surface area contributed by atoms with E-state index in [0.29, 0.717) is 6.04 Å². The maximum Gasteiger partial charge on any atom is 0.0558 e. The van der Waals surface area contributed by atoms with Gasteiger partial charge in [-0.05, 0) is 26.0 Å². The molecule has 0 saturated carbocycles. The van der Waals surface area contributed by atoms with Crippen molar-refractivity contribution in [2.24, 2.45) is 0 Å². The molecule has 4 nitrogen and oxygen atoms in total. The van der Waals surface area contributed by atoms with Gasteiger partial charge >= 0.3 is 0 Å². The maximum absolute atomic E-state index is 8.97. The summed E-state index contributed by atoms with van der Waals surface area (Å²) in [5.41, 5.74) is 2.69. The van der Waals surface area contributed by atoms with Crippen LogP contribution in [0.25, 0.3) is 0 Å². The number of hydrogen-bond acceptors (Lipinski definition) is 4. The monoisotopic (exact) mass is 291 g/mol. The molecule has 0 bridgehead atoms. The van der Waals surface area contributed by atoms with Gasteiger partial charge in [0.2, 0.25) is 0 Å². The molecule has 1 aromatic rings. The molecule has 0 aliphatic carbocycles. The Morgan fingerprint density at radius 2 is 1.62 bits per heavy atom. The highest BCUT2D eigenvalue weighted by atomic mass is 16.3. The molecule has 0 spiro atoms.